The Kier molecular flexibility index (Phi) is 8.95. The summed E-state index contributed by atoms with van der Waals surface area (Å²) in [4.78, 5) is 27.7. The number of halogens is 2. The maximum Gasteiger partial charge on any atom is 0.244 e. The number of amides is 2. The molecule has 1 atom stereocenters. The van der Waals surface area contributed by atoms with Crippen LogP contribution in [0, 0.1) is 0 Å². The van der Waals surface area contributed by atoms with E-state index in [0.717, 1.165) is 20.6 Å². The molecule has 0 aliphatic carbocycles. The summed E-state index contributed by atoms with van der Waals surface area (Å²) in [5.41, 5.74) is 0.504. The van der Waals surface area contributed by atoms with E-state index in [1.807, 2.05) is 45.0 Å². The highest BCUT2D eigenvalue weighted by molar-refractivity contribution is 9.10. The Morgan fingerprint density at radius 3 is 2.18 bits per heavy atom. The Hall–Kier alpha value is -2.10. The number of benzene rings is 2. The van der Waals surface area contributed by atoms with Crippen LogP contribution in [0.5, 0.6) is 0 Å². The quantitative estimate of drug-likeness (QED) is 0.526. The van der Waals surface area contributed by atoms with Crippen LogP contribution in [0.2, 0.25) is 5.02 Å². The largest absolute Gasteiger partial charge is 0.350 e. The molecule has 0 radical (unpaired) electrons. The second-order valence-corrected chi connectivity index (χ2v) is 12.0. The molecule has 0 heterocycles. The van der Waals surface area contributed by atoms with Crippen molar-refractivity contribution < 1.29 is 18.0 Å². The molecule has 0 unspecified atom stereocenters. The van der Waals surface area contributed by atoms with Crippen molar-refractivity contribution in [1.29, 1.82) is 0 Å². The number of rotatable bonds is 8. The highest BCUT2D eigenvalue weighted by Crippen LogP contribution is 2.27. The van der Waals surface area contributed by atoms with Gasteiger partial charge in [-0.05, 0) is 57.5 Å². The van der Waals surface area contributed by atoms with E-state index >= 15 is 0 Å². The molecule has 180 valence electrons. The van der Waals surface area contributed by atoms with Gasteiger partial charge in [-0.15, -0.1) is 0 Å². The fourth-order valence-corrected chi connectivity index (χ4v) is 4.51. The molecule has 2 amide bonds. The van der Waals surface area contributed by atoms with E-state index in [-0.39, 0.29) is 23.2 Å². The Morgan fingerprint density at radius 1 is 1.09 bits per heavy atom. The van der Waals surface area contributed by atoms with Gasteiger partial charge in [0.25, 0.3) is 0 Å². The smallest absolute Gasteiger partial charge is 0.244 e. The van der Waals surface area contributed by atoms with Crippen LogP contribution in [0.4, 0.5) is 5.69 Å². The number of sulfonamides is 1. The molecule has 0 aliphatic heterocycles. The van der Waals surface area contributed by atoms with Gasteiger partial charge in [0.15, 0.2) is 0 Å². The minimum absolute atomic E-state index is 0.130. The molecule has 0 aliphatic rings. The molecular weight excluding hydrogens is 530 g/mol. The van der Waals surface area contributed by atoms with Crippen molar-refractivity contribution in [3.05, 3.63) is 63.6 Å². The maximum absolute atomic E-state index is 13.5. The summed E-state index contributed by atoms with van der Waals surface area (Å²) in [7, 11) is -3.83. The van der Waals surface area contributed by atoms with Crippen molar-refractivity contribution in [2.24, 2.45) is 0 Å². The molecule has 7 nitrogen and oxygen atoms in total. The minimum Gasteiger partial charge on any atom is -0.350 e. The van der Waals surface area contributed by atoms with E-state index < -0.39 is 34.1 Å². The standard InChI is InChI=1S/C23H29BrClN3O4S/c1-16(22(30)26-23(2,3)4)27(14-17-10-12-18(24)13-11-17)21(29)15-28(33(5,31)32)20-9-7-6-8-19(20)25/h6-13,16H,14-15H2,1-5H3,(H,26,30)/t16-/m1/s1. The van der Waals surface area contributed by atoms with Gasteiger partial charge in [0.1, 0.15) is 12.6 Å². The van der Waals surface area contributed by atoms with Crippen LogP contribution < -0.4 is 9.62 Å². The molecule has 2 aromatic carbocycles. The third-order valence-electron chi connectivity index (χ3n) is 4.73. The zero-order valence-corrected chi connectivity index (χ0v) is 22.5. The zero-order chi connectivity index (χ0) is 25.0. The molecule has 2 rings (SSSR count). The molecular formula is C23H29BrClN3O4S. The molecule has 0 aromatic heterocycles. The van der Waals surface area contributed by atoms with Crippen LogP contribution >= 0.6 is 27.5 Å². The van der Waals surface area contributed by atoms with Crippen molar-refractivity contribution in [2.75, 3.05) is 17.1 Å². The van der Waals surface area contributed by atoms with Gasteiger partial charge in [0.2, 0.25) is 21.8 Å². The summed E-state index contributed by atoms with van der Waals surface area (Å²) in [6.45, 7) is 6.80. The fraction of sp³-hybridized carbons (Fsp3) is 0.391. The van der Waals surface area contributed by atoms with Crippen molar-refractivity contribution in [2.45, 2.75) is 45.8 Å². The molecule has 10 heteroatoms. The van der Waals surface area contributed by atoms with Crippen LogP contribution in [0.3, 0.4) is 0 Å². The first-order valence-electron chi connectivity index (χ1n) is 10.3. The lowest BCUT2D eigenvalue weighted by Gasteiger charge is -2.33. The number of nitrogens with one attached hydrogen (secondary N) is 1. The molecule has 2 aromatic rings. The molecule has 0 spiro atoms. The Bertz CT molecular complexity index is 1100. The summed E-state index contributed by atoms with van der Waals surface area (Å²) in [6.07, 6.45) is 1.01. The summed E-state index contributed by atoms with van der Waals surface area (Å²) in [5.74, 6) is -0.864. The van der Waals surface area contributed by atoms with Gasteiger partial charge in [-0.3, -0.25) is 13.9 Å². The third-order valence-corrected chi connectivity index (χ3v) is 6.71. The zero-order valence-electron chi connectivity index (χ0n) is 19.3. The van der Waals surface area contributed by atoms with Crippen LogP contribution in [0.1, 0.15) is 33.3 Å². The van der Waals surface area contributed by atoms with E-state index in [2.05, 4.69) is 21.2 Å². The molecule has 0 fully saturated rings. The van der Waals surface area contributed by atoms with Crippen LogP contribution in [-0.4, -0.2) is 49.5 Å². The Labute approximate surface area is 209 Å². The number of carbonyl (C=O) groups is 2. The topological polar surface area (TPSA) is 86.8 Å². The number of anilines is 1. The van der Waals surface area contributed by atoms with Crippen LogP contribution in [0.15, 0.2) is 53.0 Å². The van der Waals surface area contributed by atoms with E-state index in [1.54, 1.807) is 25.1 Å². The summed E-state index contributed by atoms with van der Waals surface area (Å²) in [6, 6.07) is 12.9. The monoisotopic (exact) mass is 557 g/mol. The van der Waals surface area contributed by atoms with Gasteiger partial charge in [-0.25, -0.2) is 8.42 Å². The van der Waals surface area contributed by atoms with Crippen molar-refractivity contribution in [3.8, 4) is 0 Å². The first-order valence-corrected chi connectivity index (χ1v) is 13.3. The maximum atomic E-state index is 13.5. The number of hydrogen-bond donors (Lipinski definition) is 1. The van der Waals surface area contributed by atoms with Crippen molar-refractivity contribution in [3.63, 3.8) is 0 Å². The summed E-state index contributed by atoms with van der Waals surface area (Å²) in [5, 5.41) is 3.08. The Morgan fingerprint density at radius 2 is 1.67 bits per heavy atom. The van der Waals surface area contributed by atoms with Gasteiger partial charge < -0.3 is 10.2 Å². The summed E-state index contributed by atoms with van der Waals surface area (Å²) >= 11 is 9.60. The SMILES string of the molecule is C[C@H](C(=O)NC(C)(C)C)N(Cc1ccc(Br)cc1)C(=O)CN(c1ccccc1Cl)S(C)(=O)=O. The van der Waals surface area contributed by atoms with Gasteiger partial charge in [-0.2, -0.15) is 0 Å². The van der Waals surface area contributed by atoms with E-state index in [4.69, 9.17) is 11.6 Å². The fourth-order valence-electron chi connectivity index (χ4n) is 3.09. The first kappa shape index (κ1) is 27.1. The number of nitrogens with zero attached hydrogens (tertiary/aromatic N) is 2. The molecule has 0 saturated carbocycles. The minimum atomic E-state index is -3.83. The van der Waals surface area contributed by atoms with Gasteiger partial charge in [0.05, 0.1) is 17.0 Å². The van der Waals surface area contributed by atoms with Crippen molar-refractivity contribution in [1.82, 2.24) is 10.2 Å². The second-order valence-electron chi connectivity index (χ2n) is 8.78. The predicted molar refractivity (Wildman–Crippen MR) is 136 cm³/mol. The molecule has 33 heavy (non-hydrogen) atoms. The average Bonchev–Trinajstić information content (AvgIpc) is 2.69. The third kappa shape index (κ3) is 8.01. The highest BCUT2D eigenvalue weighted by atomic mass is 79.9. The van der Waals surface area contributed by atoms with E-state index in [1.165, 1.54) is 11.0 Å². The van der Waals surface area contributed by atoms with Crippen LogP contribution in [0.25, 0.3) is 0 Å². The number of hydrogen-bond acceptors (Lipinski definition) is 4. The molecule has 0 bridgehead atoms. The lowest BCUT2D eigenvalue weighted by atomic mass is 10.1. The van der Waals surface area contributed by atoms with E-state index in [9.17, 15) is 18.0 Å². The van der Waals surface area contributed by atoms with Gasteiger partial charge >= 0.3 is 0 Å². The number of para-hydroxylation sites is 1. The van der Waals surface area contributed by atoms with E-state index in [0.29, 0.717) is 0 Å². The predicted octanol–water partition coefficient (Wildman–Crippen LogP) is 4.20. The first-order chi connectivity index (χ1) is 15.2. The van der Waals surface area contributed by atoms with Gasteiger partial charge in [-0.1, -0.05) is 51.8 Å². The van der Waals surface area contributed by atoms with Gasteiger partial charge in [0, 0.05) is 16.6 Å². The Balaban J connectivity index is 2.41. The van der Waals surface area contributed by atoms with Crippen LogP contribution in [-0.2, 0) is 26.2 Å². The number of carbonyl (C=O) groups excluding carboxylic acids is 2. The average molecular weight is 559 g/mol. The lowest BCUT2D eigenvalue weighted by Crippen LogP contribution is -2.54. The normalized spacial score (nSPS) is 12.7. The molecule has 0 saturated heterocycles. The summed E-state index contributed by atoms with van der Waals surface area (Å²) < 4.78 is 26.9. The molecule has 1 N–H and O–H groups in total. The lowest BCUT2D eigenvalue weighted by molar-refractivity contribution is -0.140. The highest BCUT2D eigenvalue weighted by Gasteiger charge is 2.31. The van der Waals surface area contributed by atoms with Crippen molar-refractivity contribution >= 4 is 55.1 Å². The second kappa shape index (κ2) is 10.9.